The average Bonchev–Trinajstić information content (AvgIpc) is 3.28. The van der Waals surface area contributed by atoms with Crippen LogP contribution in [0, 0.1) is 0 Å². The first-order chi connectivity index (χ1) is 27.3. The zero-order chi connectivity index (χ0) is 36.8. The van der Waals surface area contributed by atoms with Crippen molar-refractivity contribution in [1.82, 2.24) is 0 Å². The van der Waals surface area contributed by atoms with Crippen molar-refractivity contribution in [2.75, 3.05) is 4.90 Å². The first kappa shape index (κ1) is 33.6. The molecule has 0 aliphatic heterocycles. The second-order valence-electron chi connectivity index (χ2n) is 13.7. The largest absolute Gasteiger partial charge is 0.310 e. The Morgan fingerprint density at radius 2 is 0.564 bits per heavy atom. The predicted molar refractivity (Wildman–Crippen MR) is 234 cm³/mol. The molecule has 0 amide bonds. The Bertz CT molecular complexity index is 2650. The van der Waals surface area contributed by atoms with Crippen molar-refractivity contribution in [2.45, 2.75) is 0 Å². The molecule has 0 heterocycles. The fourth-order valence-electron chi connectivity index (χ4n) is 7.69. The molecule has 0 atom stereocenters. The van der Waals surface area contributed by atoms with E-state index in [1.807, 2.05) is 0 Å². The highest BCUT2D eigenvalue weighted by atomic mass is 15.1. The van der Waals surface area contributed by atoms with Gasteiger partial charge in [-0.05, 0) is 91.5 Å². The van der Waals surface area contributed by atoms with Crippen molar-refractivity contribution in [3.63, 3.8) is 0 Å². The van der Waals surface area contributed by atoms with Crippen LogP contribution in [-0.4, -0.2) is 0 Å². The lowest BCUT2D eigenvalue weighted by atomic mass is 9.84. The standard InChI is InChI=1S/C54H39N/c1-5-18-40(19-6-1)41-32-34-42(35-33-41)43-36-38-47(39-37-43)55(46-24-11-4-12-25-46)53-31-16-15-27-50(53)52-30-17-29-49(45-22-9-3-10-23-45)54(52)51-28-14-13-26-48(51)44-20-7-2-8-21-44/h1-39H. The van der Waals surface area contributed by atoms with Gasteiger partial charge in [-0.25, -0.2) is 0 Å². The molecule has 0 aliphatic carbocycles. The molecular formula is C54H39N. The van der Waals surface area contributed by atoms with E-state index in [0.717, 1.165) is 22.6 Å². The number of rotatable bonds is 9. The Kier molecular flexibility index (Phi) is 9.41. The minimum absolute atomic E-state index is 1.09. The predicted octanol–water partition coefficient (Wildman–Crippen LogP) is 15.2. The van der Waals surface area contributed by atoms with Gasteiger partial charge in [-0.2, -0.15) is 0 Å². The topological polar surface area (TPSA) is 3.24 Å². The van der Waals surface area contributed by atoms with Crippen molar-refractivity contribution in [2.24, 2.45) is 0 Å². The van der Waals surface area contributed by atoms with Crippen molar-refractivity contribution in [3.8, 4) is 66.8 Å². The molecule has 9 aromatic rings. The summed E-state index contributed by atoms with van der Waals surface area (Å²) >= 11 is 0. The van der Waals surface area contributed by atoms with Crippen LogP contribution in [0.5, 0.6) is 0 Å². The molecule has 260 valence electrons. The third-order valence-corrected chi connectivity index (χ3v) is 10.3. The smallest absolute Gasteiger partial charge is 0.0540 e. The Hall–Kier alpha value is -7.22. The monoisotopic (exact) mass is 701 g/mol. The van der Waals surface area contributed by atoms with Crippen LogP contribution in [0.3, 0.4) is 0 Å². The zero-order valence-electron chi connectivity index (χ0n) is 30.5. The van der Waals surface area contributed by atoms with E-state index >= 15 is 0 Å². The molecule has 0 spiro atoms. The highest BCUT2D eigenvalue weighted by molar-refractivity contribution is 6.02. The summed E-state index contributed by atoms with van der Waals surface area (Å²) in [6.45, 7) is 0. The highest BCUT2D eigenvalue weighted by Gasteiger charge is 2.22. The van der Waals surface area contributed by atoms with Crippen LogP contribution < -0.4 is 4.90 Å². The van der Waals surface area contributed by atoms with Crippen molar-refractivity contribution >= 4 is 17.1 Å². The lowest BCUT2D eigenvalue weighted by Gasteiger charge is -2.29. The summed E-state index contributed by atoms with van der Waals surface area (Å²) in [5.41, 5.74) is 17.6. The van der Waals surface area contributed by atoms with Crippen LogP contribution >= 0.6 is 0 Å². The summed E-state index contributed by atoms with van der Waals surface area (Å²) in [6, 6.07) is 85.0. The summed E-state index contributed by atoms with van der Waals surface area (Å²) in [4.78, 5) is 2.39. The Morgan fingerprint density at radius 3 is 1.15 bits per heavy atom. The number of hydrogen-bond donors (Lipinski definition) is 0. The number of anilines is 3. The van der Waals surface area contributed by atoms with Gasteiger partial charge in [0.1, 0.15) is 0 Å². The molecule has 0 aromatic heterocycles. The maximum absolute atomic E-state index is 2.39. The summed E-state index contributed by atoms with van der Waals surface area (Å²) in [7, 11) is 0. The fourth-order valence-corrected chi connectivity index (χ4v) is 7.69. The quantitative estimate of drug-likeness (QED) is 0.145. The summed E-state index contributed by atoms with van der Waals surface area (Å²) in [5, 5.41) is 0. The molecular weight excluding hydrogens is 663 g/mol. The van der Waals surface area contributed by atoms with Crippen LogP contribution in [0.4, 0.5) is 17.1 Å². The minimum Gasteiger partial charge on any atom is -0.310 e. The number of para-hydroxylation sites is 2. The van der Waals surface area contributed by atoms with Crippen LogP contribution in [0.1, 0.15) is 0 Å². The van der Waals surface area contributed by atoms with Crippen LogP contribution in [0.2, 0.25) is 0 Å². The molecule has 1 heteroatoms. The first-order valence-electron chi connectivity index (χ1n) is 18.9. The molecule has 0 radical (unpaired) electrons. The SMILES string of the molecule is c1ccc(-c2ccc(-c3ccc(N(c4ccccc4)c4ccccc4-c4cccc(-c5ccccc5)c4-c4ccccc4-c4ccccc4)cc3)cc2)cc1. The van der Waals surface area contributed by atoms with E-state index in [0.29, 0.717) is 0 Å². The summed E-state index contributed by atoms with van der Waals surface area (Å²) in [5.74, 6) is 0. The molecule has 0 fully saturated rings. The second kappa shape index (κ2) is 15.4. The van der Waals surface area contributed by atoms with E-state index in [9.17, 15) is 0 Å². The molecule has 55 heavy (non-hydrogen) atoms. The molecule has 9 aromatic carbocycles. The van der Waals surface area contributed by atoms with Crippen LogP contribution in [0.15, 0.2) is 237 Å². The second-order valence-corrected chi connectivity index (χ2v) is 13.7. The number of benzene rings is 9. The molecule has 9 rings (SSSR count). The summed E-state index contributed by atoms with van der Waals surface area (Å²) < 4.78 is 0. The fraction of sp³-hybridized carbons (Fsp3) is 0. The third-order valence-electron chi connectivity index (χ3n) is 10.3. The van der Waals surface area contributed by atoms with E-state index in [2.05, 4.69) is 241 Å². The van der Waals surface area contributed by atoms with E-state index in [1.54, 1.807) is 0 Å². The van der Waals surface area contributed by atoms with Gasteiger partial charge in [0.05, 0.1) is 5.69 Å². The van der Waals surface area contributed by atoms with Gasteiger partial charge in [-0.1, -0.05) is 206 Å². The van der Waals surface area contributed by atoms with Crippen LogP contribution in [0.25, 0.3) is 66.8 Å². The van der Waals surface area contributed by atoms with Gasteiger partial charge < -0.3 is 4.90 Å². The maximum Gasteiger partial charge on any atom is 0.0540 e. The van der Waals surface area contributed by atoms with E-state index in [4.69, 9.17) is 0 Å². The first-order valence-corrected chi connectivity index (χ1v) is 18.9. The molecule has 0 unspecified atom stereocenters. The van der Waals surface area contributed by atoms with Crippen LogP contribution in [-0.2, 0) is 0 Å². The molecule has 0 N–H and O–H groups in total. The van der Waals surface area contributed by atoms with Crippen molar-refractivity contribution in [3.05, 3.63) is 237 Å². The molecule has 0 saturated heterocycles. The van der Waals surface area contributed by atoms with E-state index in [1.165, 1.54) is 61.2 Å². The van der Waals surface area contributed by atoms with Gasteiger partial charge in [-0.3, -0.25) is 0 Å². The average molecular weight is 702 g/mol. The Morgan fingerprint density at radius 1 is 0.200 bits per heavy atom. The molecule has 0 aliphatic rings. The van der Waals surface area contributed by atoms with Gasteiger partial charge in [0.15, 0.2) is 0 Å². The molecule has 1 nitrogen and oxygen atoms in total. The van der Waals surface area contributed by atoms with Gasteiger partial charge in [0.2, 0.25) is 0 Å². The lowest BCUT2D eigenvalue weighted by Crippen LogP contribution is -2.11. The van der Waals surface area contributed by atoms with Crippen molar-refractivity contribution in [1.29, 1.82) is 0 Å². The van der Waals surface area contributed by atoms with Crippen molar-refractivity contribution < 1.29 is 0 Å². The minimum atomic E-state index is 1.09. The number of hydrogen-bond acceptors (Lipinski definition) is 1. The molecule has 0 saturated carbocycles. The lowest BCUT2D eigenvalue weighted by molar-refractivity contribution is 1.28. The number of nitrogens with zero attached hydrogens (tertiary/aromatic N) is 1. The van der Waals surface area contributed by atoms with Gasteiger partial charge >= 0.3 is 0 Å². The summed E-state index contributed by atoms with van der Waals surface area (Å²) in [6.07, 6.45) is 0. The van der Waals surface area contributed by atoms with E-state index < -0.39 is 0 Å². The Labute approximate surface area is 324 Å². The van der Waals surface area contributed by atoms with Gasteiger partial charge in [0.25, 0.3) is 0 Å². The molecule has 0 bridgehead atoms. The third kappa shape index (κ3) is 6.88. The van der Waals surface area contributed by atoms with Gasteiger partial charge in [-0.15, -0.1) is 0 Å². The maximum atomic E-state index is 2.39. The zero-order valence-corrected chi connectivity index (χ0v) is 30.5. The van der Waals surface area contributed by atoms with E-state index in [-0.39, 0.29) is 0 Å². The normalized spacial score (nSPS) is 10.9. The Balaban J connectivity index is 1.20. The van der Waals surface area contributed by atoms with Gasteiger partial charge in [0, 0.05) is 16.9 Å². The highest BCUT2D eigenvalue weighted by Crippen LogP contribution is 2.48.